The molecule has 0 unspecified atom stereocenters. The second-order valence-electron chi connectivity index (χ2n) is 5.21. The molecule has 1 heterocycles. The van der Waals surface area contributed by atoms with Crippen LogP contribution in [0.4, 0.5) is 5.69 Å². The Kier molecular flexibility index (Phi) is 3.51. The van der Waals surface area contributed by atoms with E-state index in [1.165, 1.54) is 0 Å². The van der Waals surface area contributed by atoms with E-state index in [1.807, 2.05) is 24.3 Å². The largest absolute Gasteiger partial charge is 0.497 e. The Balaban J connectivity index is 1.66. The maximum atomic E-state index is 12.1. The summed E-state index contributed by atoms with van der Waals surface area (Å²) in [6, 6.07) is 7.55. The van der Waals surface area contributed by atoms with E-state index >= 15 is 0 Å². The van der Waals surface area contributed by atoms with E-state index in [0.29, 0.717) is 18.2 Å². The molecule has 0 radical (unpaired) electrons. The second kappa shape index (κ2) is 5.47. The Hall–Kier alpha value is -2.50. The Labute approximate surface area is 122 Å². The van der Waals surface area contributed by atoms with Gasteiger partial charge in [0.1, 0.15) is 5.75 Å². The number of carbonyl (C=O) groups is 1. The zero-order valence-electron chi connectivity index (χ0n) is 11.8. The molecule has 6 heteroatoms. The number of benzene rings is 1. The number of hydrogen-bond acceptors (Lipinski definition) is 4. The molecule has 1 aliphatic rings. The van der Waals surface area contributed by atoms with Crippen molar-refractivity contribution in [3.8, 4) is 5.75 Å². The van der Waals surface area contributed by atoms with Gasteiger partial charge in [-0.05, 0) is 30.5 Å². The summed E-state index contributed by atoms with van der Waals surface area (Å²) in [5.41, 5.74) is 8.58. The fourth-order valence-corrected chi connectivity index (χ4v) is 2.27. The van der Waals surface area contributed by atoms with Crippen LogP contribution in [0.3, 0.4) is 0 Å². The van der Waals surface area contributed by atoms with Gasteiger partial charge < -0.3 is 15.8 Å². The number of aromatic nitrogens is 2. The van der Waals surface area contributed by atoms with Gasteiger partial charge in [-0.15, -0.1) is 0 Å². The highest BCUT2D eigenvalue weighted by molar-refractivity contribution is 5.97. The molecular formula is C15H18N4O2. The number of ether oxygens (including phenoxy) is 1. The van der Waals surface area contributed by atoms with Crippen LogP contribution in [-0.2, 0) is 6.54 Å². The van der Waals surface area contributed by atoms with E-state index < -0.39 is 0 Å². The quantitative estimate of drug-likeness (QED) is 0.781. The first-order valence-electron chi connectivity index (χ1n) is 6.94. The van der Waals surface area contributed by atoms with Crippen molar-refractivity contribution in [3.63, 3.8) is 0 Å². The monoisotopic (exact) mass is 286 g/mol. The standard InChI is InChI=1S/C15H18N4O2/c1-21-11-4-2-3-9(7-11)8-17-15(20)14-12(16)13(18-19-14)10-5-6-10/h2-4,7,10H,5-6,8,16H2,1H3,(H,17,20)(H,18,19). The summed E-state index contributed by atoms with van der Waals surface area (Å²) in [4.78, 5) is 12.1. The Morgan fingerprint density at radius 2 is 2.33 bits per heavy atom. The molecule has 1 fully saturated rings. The lowest BCUT2D eigenvalue weighted by atomic mass is 10.2. The molecule has 21 heavy (non-hydrogen) atoms. The average Bonchev–Trinajstić information content (AvgIpc) is 3.28. The number of aromatic amines is 1. The summed E-state index contributed by atoms with van der Waals surface area (Å²) in [7, 11) is 1.61. The zero-order chi connectivity index (χ0) is 14.8. The number of H-pyrrole nitrogens is 1. The van der Waals surface area contributed by atoms with Crippen molar-refractivity contribution in [2.75, 3.05) is 12.8 Å². The predicted octanol–water partition coefficient (Wildman–Crippen LogP) is 1.81. The molecule has 0 aliphatic heterocycles. The van der Waals surface area contributed by atoms with Gasteiger partial charge in [0.15, 0.2) is 5.69 Å². The van der Waals surface area contributed by atoms with E-state index in [9.17, 15) is 4.79 Å². The van der Waals surface area contributed by atoms with Crippen LogP contribution in [0.5, 0.6) is 5.75 Å². The van der Waals surface area contributed by atoms with Crippen molar-refractivity contribution in [3.05, 3.63) is 41.2 Å². The topological polar surface area (TPSA) is 93.0 Å². The number of hydrogen-bond donors (Lipinski definition) is 3. The minimum atomic E-state index is -0.265. The summed E-state index contributed by atoms with van der Waals surface area (Å²) in [6.45, 7) is 0.404. The number of carbonyl (C=O) groups excluding carboxylic acids is 1. The molecule has 0 atom stereocenters. The van der Waals surface area contributed by atoms with E-state index in [2.05, 4.69) is 15.5 Å². The minimum absolute atomic E-state index is 0.265. The highest BCUT2D eigenvalue weighted by Gasteiger charge is 2.30. The van der Waals surface area contributed by atoms with Gasteiger partial charge in [0.2, 0.25) is 0 Å². The number of nitrogen functional groups attached to an aromatic ring is 1. The van der Waals surface area contributed by atoms with E-state index in [1.54, 1.807) is 7.11 Å². The van der Waals surface area contributed by atoms with Crippen LogP contribution in [0.15, 0.2) is 24.3 Å². The molecule has 0 saturated heterocycles. The highest BCUT2D eigenvalue weighted by atomic mass is 16.5. The third kappa shape index (κ3) is 2.84. The number of nitrogens with one attached hydrogen (secondary N) is 2. The maximum Gasteiger partial charge on any atom is 0.274 e. The number of anilines is 1. The summed E-state index contributed by atoms with van der Waals surface area (Å²) >= 11 is 0. The first kappa shape index (κ1) is 13.5. The summed E-state index contributed by atoms with van der Waals surface area (Å²) < 4.78 is 5.15. The third-order valence-corrected chi connectivity index (χ3v) is 3.62. The lowest BCUT2D eigenvalue weighted by Gasteiger charge is -2.06. The van der Waals surface area contributed by atoms with Crippen LogP contribution in [0, 0.1) is 0 Å². The highest BCUT2D eigenvalue weighted by Crippen LogP contribution is 2.42. The molecule has 3 rings (SSSR count). The van der Waals surface area contributed by atoms with Crippen LogP contribution < -0.4 is 15.8 Å². The van der Waals surface area contributed by atoms with Crippen LogP contribution in [-0.4, -0.2) is 23.2 Å². The first-order chi connectivity index (χ1) is 10.2. The summed E-state index contributed by atoms with van der Waals surface area (Å²) in [5, 5.41) is 9.74. The fourth-order valence-electron chi connectivity index (χ4n) is 2.27. The smallest absolute Gasteiger partial charge is 0.274 e. The van der Waals surface area contributed by atoms with Crippen LogP contribution >= 0.6 is 0 Å². The van der Waals surface area contributed by atoms with Gasteiger partial charge in [-0.1, -0.05) is 12.1 Å². The molecule has 4 N–H and O–H groups in total. The van der Waals surface area contributed by atoms with Gasteiger partial charge >= 0.3 is 0 Å². The van der Waals surface area contributed by atoms with Crippen LogP contribution in [0.2, 0.25) is 0 Å². The SMILES string of the molecule is COc1cccc(CNC(=O)c2n[nH]c(C3CC3)c2N)c1. The van der Waals surface area contributed by atoms with Crippen LogP contribution in [0.25, 0.3) is 0 Å². The zero-order valence-corrected chi connectivity index (χ0v) is 11.8. The lowest BCUT2D eigenvalue weighted by Crippen LogP contribution is -2.24. The number of nitrogens with two attached hydrogens (primary N) is 1. The van der Waals surface area contributed by atoms with E-state index in [-0.39, 0.29) is 11.6 Å². The molecule has 2 aromatic rings. The molecule has 6 nitrogen and oxygen atoms in total. The lowest BCUT2D eigenvalue weighted by molar-refractivity contribution is 0.0946. The van der Waals surface area contributed by atoms with Crippen molar-refractivity contribution in [2.45, 2.75) is 25.3 Å². The molecule has 1 aromatic carbocycles. The van der Waals surface area contributed by atoms with Crippen molar-refractivity contribution < 1.29 is 9.53 Å². The predicted molar refractivity (Wildman–Crippen MR) is 79.1 cm³/mol. The van der Waals surface area contributed by atoms with E-state index in [0.717, 1.165) is 29.8 Å². The van der Waals surface area contributed by atoms with Crippen molar-refractivity contribution in [1.29, 1.82) is 0 Å². The Morgan fingerprint density at radius 3 is 3.05 bits per heavy atom. The molecule has 1 aromatic heterocycles. The van der Waals surface area contributed by atoms with Crippen molar-refractivity contribution in [2.24, 2.45) is 0 Å². The molecule has 1 aliphatic carbocycles. The number of rotatable bonds is 5. The van der Waals surface area contributed by atoms with Gasteiger partial charge in [-0.25, -0.2) is 0 Å². The molecule has 0 bridgehead atoms. The van der Waals surface area contributed by atoms with Crippen molar-refractivity contribution in [1.82, 2.24) is 15.5 Å². The third-order valence-electron chi connectivity index (χ3n) is 3.62. The number of methoxy groups -OCH3 is 1. The maximum absolute atomic E-state index is 12.1. The number of nitrogens with zero attached hydrogens (tertiary/aromatic N) is 1. The molecule has 110 valence electrons. The van der Waals surface area contributed by atoms with Crippen LogP contribution in [0.1, 0.15) is 40.5 Å². The second-order valence-corrected chi connectivity index (χ2v) is 5.21. The average molecular weight is 286 g/mol. The Morgan fingerprint density at radius 1 is 1.52 bits per heavy atom. The molecule has 1 saturated carbocycles. The number of amides is 1. The normalized spacial score (nSPS) is 14.0. The summed E-state index contributed by atoms with van der Waals surface area (Å²) in [5.74, 6) is 0.938. The fraction of sp³-hybridized carbons (Fsp3) is 0.333. The minimum Gasteiger partial charge on any atom is -0.497 e. The van der Waals surface area contributed by atoms with E-state index in [4.69, 9.17) is 10.5 Å². The van der Waals surface area contributed by atoms with Gasteiger partial charge in [0.05, 0.1) is 18.5 Å². The van der Waals surface area contributed by atoms with Gasteiger partial charge in [-0.2, -0.15) is 5.10 Å². The molecule has 0 spiro atoms. The van der Waals surface area contributed by atoms with Crippen molar-refractivity contribution >= 4 is 11.6 Å². The molecular weight excluding hydrogens is 268 g/mol. The van der Waals surface area contributed by atoms with Gasteiger partial charge in [0, 0.05) is 12.5 Å². The first-order valence-corrected chi connectivity index (χ1v) is 6.94. The Bertz CT molecular complexity index is 661. The summed E-state index contributed by atoms with van der Waals surface area (Å²) in [6.07, 6.45) is 2.22. The van der Waals surface area contributed by atoms with Gasteiger partial charge in [0.25, 0.3) is 5.91 Å². The van der Waals surface area contributed by atoms with Gasteiger partial charge in [-0.3, -0.25) is 9.89 Å². The molecule has 1 amide bonds.